The van der Waals surface area contributed by atoms with Gasteiger partial charge in [0.1, 0.15) is 12.7 Å². The Morgan fingerprint density at radius 1 is 1.10 bits per heavy atom. The average molecular weight is 405 g/mol. The number of hydrogen-bond donors (Lipinski definition) is 3. The fraction of sp³-hybridized carbons (Fsp3) is 0.263. The molecule has 0 saturated carbocycles. The number of nitrogens with one attached hydrogen (secondary N) is 3. The number of aromatic amines is 2. The molecule has 152 valence electrons. The van der Waals surface area contributed by atoms with Gasteiger partial charge in [0.05, 0.1) is 17.0 Å². The minimum absolute atomic E-state index is 0.0517. The second kappa shape index (κ2) is 7.43. The number of carbonyl (C=O) groups excluding carboxylic acids is 1. The molecular formula is C19H19N9O2. The topological polar surface area (TPSA) is 137 Å². The summed E-state index contributed by atoms with van der Waals surface area (Å²) in [5.74, 6) is 1.09. The predicted octanol–water partition coefficient (Wildman–Crippen LogP) is 1.08. The third-order valence-electron chi connectivity index (χ3n) is 5.19. The van der Waals surface area contributed by atoms with E-state index in [-0.39, 0.29) is 17.5 Å². The maximum Gasteiger partial charge on any atom is 0.323 e. The summed E-state index contributed by atoms with van der Waals surface area (Å²) in [6.45, 7) is 1.38. The van der Waals surface area contributed by atoms with Gasteiger partial charge in [-0.1, -0.05) is 0 Å². The molecule has 3 aromatic heterocycles. The van der Waals surface area contributed by atoms with Crippen LogP contribution in [0.5, 0.6) is 0 Å². The molecule has 1 fully saturated rings. The summed E-state index contributed by atoms with van der Waals surface area (Å²) in [5, 5.41) is 15.5. The normalized spacial score (nSPS) is 16.7. The highest BCUT2D eigenvalue weighted by Crippen LogP contribution is 2.23. The van der Waals surface area contributed by atoms with E-state index in [1.54, 1.807) is 24.5 Å². The van der Waals surface area contributed by atoms with E-state index in [9.17, 15) is 9.59 Å². The molecule has 30 heavy (non-hydrogen) atoms. The number of imidazole rings is 1. The molecule has 4 aromatic rings. The molecule has 1 atom stereocenters. The zero-order valence-corrected chi connectivity index (χ0v) is 15.9. The first-order valence-electron chi connectivity index (χ1n) is 9.62. The van der Waals surface area contributed by atoms with Crippen LogP contribution in [0.1, 0.15) is 12.8 Å². The van der Waals surface area contributed by atoms with Crippen molar-refractivity contribution >= 4 is 28.4 Å². The SMILES string of the molecule is O=C(Nc1ccc2[nH]c(=O)[nH]c2c1)C1CCCN(c2ccc(-n3cncn3)nn2)C1. The number of rotatable bonds is 4. The van der Waals surface area contributed by atoms with Gasteiger partial charge in [0.15, 0.2) is 11.6 Å². The molecular weight excluding hydrogens is 386 g/mol. The minimum atomic E-state index is -0.271. The van der Waals surface area contributed by atoms with Crippen LogP contribution >= 0.6 is 0 Å². The number of benzene rings is 1. The van der Waals surface area contributed by atoms with E-state index >= 15 is 0 Å². The molecule has 0 radical (unpaired) electrons. The van der Waals surface area contributed by atoms with Crippen molar-refractivity contribution in [1.82, 2.24) is 34.9 Å². The van der Waals surface area contributed by atoms with Crippen molar-refractivity contribution < 1.29 is 4.79 Å². The number of aromatic nitrogens is 7. The molecule has 11 nitrogen and oxygen atoms in total. The lowest BCUT2D eigenvalue weighted by Gasteiger charge is -2.32. The molecule has 1 aromatic carbocycles. The summed E-state index contributed by atoms with van der Waals surface area (Å²) in [7, 11) is 0. The highest BCUT2D eigenvalue weighted by atomic mass is 16.2. The van der Waals surface area contributed by atoms with Gasteiger partial charge in [0, 0.05) is 18.8 Å². The van der Waals surface area contributed by atoms with Crippen molar-refractivity contribution in [1.29, 1.82) is 0 Å². The first kappa shape index (κ1) is 18.0. The van der Waals surface area contributed by atoms with Crippen molar-refractivity contribution in [3.05, 3.63) is 53.5 Å². The molecule has 0 bridgehead atoms. The van der Waals surface area contributed by atoms with Crippen LogP contribution in [0.15, 0.2) is 47.8 Å². The average Bonchev–Trinajstić information content (AvgIpc) is 3.43. The van der Waals surface area contributed by atoms with E-state index in [1.807, 2.05) is 12.1 Å². The Labute approximate surface area is 170 Å². The Morgan fingerprint density at radius 2 is 1.93 bits per heavy atom. The molecule has 0 aliphatic carbocycles. The lowest BCUT2D eigenvalue weighted by molar-refractivity contribution is -0.120. The van der Waals surface area contributed by atoms with Gasteiger partial charge in [-0.15, -0.1) is 10.2 Å². The summed E-state index contributed by atoms with van der Waals surface area (Å²) in [5.41, 5.74) is 1.74. The van der Waals surface area contributed by atoms with Crippen LogP contribution in [0.4, 0.5) is 11.5 Å². The standard InChI is InChI=1S/C19H19N9O2/c29-18(22-13-3-4-14-15(8-13)24-19(30)23-14)12-2-1-7-27(9-12)16-5-6-17(26-25-16)28-11-20-10-21-28/h3-6,8,10-12H,1-2,7,9H2,(H,22,29)(H2,23,24,30). The van der Waals surface area contributed by atoms with Crippen molar-refractivity contribution in [3.8, 4) is 5.82 Å². The Bertz CT molecular complexity index is 1230. The van der Waals surface area contributed by atoms with Gasteiger partial charge in [-0.05, 0) is 43.2 Å². The van der Waals surface area contributed by atoms with Crippen molar-refractivity contribution in [2.75, 3.05) is 23.3 Å². The number of fused-ring (bicyclic) bond motifs is 1. The smallest absolute Gasteiger partial charge is 0.323 e. The first-order valence-corrected chi connectivity index (χ1v) is 9.62. The lowest BCUT2D eigenvalue weighted by atomic mass is 9.97. The van der Waals surface area contributed by atoms with Crippen molar-refractivity contribution in [2.45, 2.75) is 12.8 Å². The monoisotopic (exact) mass is 405 g/mol. The van der Waals surface area contributed by atoms with E-state index in [0.717, 1.165) is 25.2 Å². The van der Waals surface area contributed by atoms with Crippen LogP contribution in [0.2, 0.25) is 0 Å². The highest BCUT2D eigenvalue weighted by molar-refractivity contribution is 5.94. The van der Waals surface area contributed by atoms with Gasteiger partial charge in [0.25, 0.3) is 0 Å². The number of hydrogen-bond acceptors (Lipinski definition) is 7. The number of anilines is 2. The maximum atomic E-state index is 12.8. The van der Waals surface area contributed by atoms with Gasteiger partial charge in [-0.2, -0.15) is 5.10 Å². The number of piperidine rings is 1. The molecule has 1 aliphatic heterocycles. The van der Waals surface area contributed by atoms with Crippen LogP contribution in [0.25, 0.3) is 16.9 Å². The summed E-state index contributed by atoms with van der Waals surface area (Å²) >= 11 is 0. The molecule has 0 spiro atoms. The fourth-order valence-electron chi connectivity index (χ4n) is 3.69. The summed E-state index contributed by atoms with van der Waals surface area (Å²) < 4.78 is 1.54. The quantitative estimate of drug-likeness (QED) is 0.462. The Kier molecular flexibility index (Phi) is 4.46. The Morgan fingerprint density at radius 3 is 2.73 bits per heavy atom. The molecule has 4 heterocycles. The molecule has 1 unspecified atom stereocenters. The zero-order valence-electron chi connectivity index (χ0n) is 15.9. The second-order valence-electron chi connectivity index (χ2n) is 7.20. The Balaban J connectivity index is 1.27. The van der Waals surface area contributed by atoms with E-state index in [2.05, 4.69) is 40.5 Å². The third-order valence-corrected chi connectivity index (χ3v) is 5.19. The van der Waals surface area contributed by atoms with Gasteiger partial charge in [0.2, 0.25) is 5.91 Å². The van der Waals surface area contributed by atoms with E-state index < -0.39 is 0 Å². The highest BCUT2D eigenvalue weighted by Gasteiger charge is 2.27. The van der Waals surface area contributed by atoms with Gasteiger partial charge in [-0.3, -0.25) is 4.79 Å². The fourth-order valence-corrected chi connectivity index (χ4v) is 3.69. The van der Waals surface area contributed by atoms with Gasteiger partial charge in [-0.25, -0.2) is 14.5 Å². The predicted molar refractivity (Wildman–Crippen MR) is 109 cm³/mol. The third kappa shape index (κ3) is 3.52. The molecule has 1 amide bonds. The molecule has 1 saturated heterocycles. The van der Waals surface area contributed by atoms with E-state index in [1.165, 1.54) is 11.0 Å². The van der Waals surface area contributed by atoms with Crippen molar-refractivity contribution in [2.24, 2.45) is 5.92 Å². The van der Waals surface area contributed by atoms with Crippen molar-refractivity contribution in [3.63, 3.8) is 0 Å². The lowest BCUT2D eigenvalue weighted by Crippen LogP contribution is -2.41. The number of nitrogens with zero attached hydrogens (tertiary/aromatic N) is 6. The number of H-pyrrole nitrogens is 2. The Hall–Kier alpha value is -4.02. The van der Waals surface area contributed by atoms with Crippen LogP contribution < -0.4 is 15.9 Å². The number of carbonyl (C=O) groups is 1. The first-order chi connectivity index (χ1) is 14.7. The number of amides is 1. The summed E-state index contributed by atoms with van der Waals surface area (Å²) in [6, 6.07) is 9.00. The molecule has 5 rings (SSSR count). The van der Waals surface area contributed by atoms with Crippen LogP contribution in [-0.4, -0.2) is 53.9 Å². The van der Waals surface area contributed by atoms with Crippen LogP contribution in [-0.2, 0) is 4.79 Å². The van der Waals surface area contributed by atoms with E-state index in [4.69, 9.17) is 0 Å². The van der Waals surface area contributed by atoms with E-state index in [0.29, 0.717) is 29.1 Å². The van der Waals surface area contributed by atoms with Crippen LogP contribution in [0.3, 0.4) is 0 Å². The summed E-state index contributed by atoms with van der Waals surface area (Å²) in [6.07, 6.45) is 4.69. The minimum Gasteiger partial charge on any atom is -0.354 e. The second-order valence-corrected chi connectivity index (χ2v) is 7.20. The molecule has 1 aliphatic rings. The van der Waals surface area contributed by atoms with Gasteiger partial charge >= 0.3 is 5.69 Å². The van der Waals surface area contributed by atoms with Gasteiger partial charge < -0.3 is 20.2 Å². The molecule has 3 N–H and O–H groups in total. The molecule has 11 heteroatoms. The van der Waals surface area contributed by atoms with Crippen LogP contribution in [0, 0.1) is 5.92 Å². The largest absolute Gasteiger partial charge is 0.354 e. The summed E-state index contributed by atoms with van der Waals surface area (Å²) in [4.78, 5) is 35.6. The zero-order chi connectivity index (χ0) is 20.5. The maximum absolute atomic E-state index is 12.8.